The van der Waals surface area contributed by atoms with Gasteiger partial charge in [-0.1, -0.05) is 12.1 Å². The molecule has 3 heterocycles. The summed E-state index contributed by atoms with van der Waals surface area (Å²) < 4.78 is 15.1. The highest BCUT2D eigenvalue weighted by Gasteiger charge is 2.27. The molecule has 0 saturated carbocycles. The largest absolute Gasteiger partial charge is 0.494 e. The number of hydrogen-bond acceptors (Lipinski definition) is 4. The van der Waals surface area contributed by atoms with Crippen LogP contribution in [0.3, 0.4) is 0 Å². The molecule has 0 unspecified atom stereocenters. The van der Waals surface area contributed by atoms with Crippen LogP contribution >= 0.6 is 0 Å². The summed E-state index contributed by atoms with van der Waals surface area (Å²) >= 11 is 0. The monoisotopic (exact) mass is 539 g/mol. The summed E-state index contributed by atoms with van der Waals surface area (Å²) in [5, 5.41) is 11.3. The van der Waals surface area contributed by atoms with E-state index in [0.29, 0.717) is 13.0 Å². The molecule has 40 heavy (non-hydrogen) atoms. The van der Waals surface area contributed by atoms with Gasteiger partial charge in [0.2, 0.25) is 5.36 Å². The van der Waals surface area contributed by atoms with Crippen LogP contribution in [-0.2, 0) is 17.6 Å². The fourth-order valence-corrected chi connectivity index (χ4v) is 6.46. The Bertz CT molecular complexity index is 1560. The summed E-state index contributed by atoms with van der Waals surface area (Å²) in [7, 11) is 0. The maximum Gasteiger partial charge on any atom is 0.303 e. The first-order valence-electron chi connectivity index (χ1n) is 14.9. The molecule has 0 spiro atoms. The Morgan fingerprint density at radius 2 is 1.82 bits per heavy atom. The maximum absolute atomic E-state index is 10.8. The number of aliphatic carboxylic acids is 1. The van der Waals surface area contributed by atoms with Gasteiger partial charge in [-0.3, -0.25) is 4.79 Å². The van der Waals surface area contributed by atoms with E-state index >= 15 is 0 Å². The standard InChI is InChI=1S/C34H38N2O4/c1-3-35-16-7-9-24-19-27-31(21-29(24)35)40-32-22-30-25(10-8-17-36(30)4-2)20-28(32)34(27)23-12-14-26(15-13-23)39-18-6-5-11-33(37)38/h12-15,19-22H,3-11,16-18H2,1-2H3/p+1. The van der Waals surface area contributed by atoms with Gasteiger partial charge in [0.05, 0.1) is 12.7 Å². The number of rotatable bonds is 9. The Labute approximate surface area is 236 Å². The van der Waals surface area contributed by atoms with Gasteiger partial charge in [-0.25, -0.2) is 4.58 Å². The van der Waals surface area contributed by atoms with Gasteiger partial charge in [0.15, 0.2) is 0 Å². The Balaban J connectivity index is 1.44. The lowest BCUT2D eigenvalue weighted by Gasteiger charge is -2.32. The Kier molecular flexibility index (Phi) is 7.50. The molecule has 208 valence electrons. The molecule has 0 aromatic heterocycles. The van der Waals surface area contributed by atoms with E-state index in [1.165, 1.54) is 40.6 Å². The lowest BCUT2D eigenvalue weighted by atomic mass is 9.88. The molecule has 3 aromatic rings. The molecule has 0 radical (unpaired) electrons. The van der Waals surface area contributed by atoms with Crippen LogP contribution in [0.2, 0.25) is 0 Å². The first-order chi connectivity index (χ1) is 19.6. The third kappa shape index (κ3) is 5.07. The number of benzene rings is 3. The van der Waals surface area contributed by atoms with E-state index in [-0.39, 0.29) is 6.42 Å². The quantitative estimate of drug-likeness (QED) is 0.242. The number of unbranched alkanes of at least 4 members (excludes halogenated alkanes) is 1. The van der Waals surface area contributed by atoms with Gasteiger partial charge in [-0.15, -0.1) is 0 Å². The minimum atomic E-state index is -0.759. The van der Waals surface area contributed by atoms with Gasteiger partial charge in [-0.2, -0.15) is 0 Å². The number of anilines is 1. The zero-order valence-corrected chi connectivity index (χ0v) is 23.7. The Morgan fingerprint density at radius 1 is 1.00 bits per heavy atom. The van der Waals surface area contributed by atoms with E-state index in [1.807, 2.05) is 12.1 Å². The summed E-state index contributed by atoms with van der Waals surface area (Å²) in [6.07, 6.45) is 6.05. The molecule has 0 fully saturated rings. The third-order valence-corrected chi connectivity index (χ3v) is 8.51. The molecule has 0 bridgehead atoms. The van der Waals surface area contributed by atoms with Crippen LogP contribution in [0.25, 0.3) is 5.57 Å². The van der Waals surface area contributed by atoms with Gasteiger partial charge in [-0.05, 0) is 81.3 Å². The average Bonchev–Trinajstić information content (AvgIpc) is 2.97. The highest BCUT2D eigenvalue weighted by atomic mass is 16.5. The molecule has 0 saturated heterocycles. The number of fused-ring (bicyclic) bond motifs is 4. The van der Waals surface area contributed by atoms with Crippen LogP contribution in [-0.4, -0.2) is 43.9 Å². The molecule has 3 aromatic carbocycles. The zero-order chi connectivity index (χ0) is 27.6. The van der Waals surface area contributed by atoms with E-state index in [0.717, 1.165) is 79.0 Å². The van der Waals surface area contributed by atoms with E-state index < -0.39 is 5.97 Å². The second-order valence-corrected chi connectivity index (χ2v) is 11.0. The minimum Gasteiger partial charge on any atom is -0.494 e. The van der Waals surface area contributed by atoms with Crippen molar-refractivity contribution in [2.45, 2.75) is 58.8 Å². The van der Waals surface area contributed by atoms with E-state index in [2.05, 4.69) is 59.7 Å². The van der Waals surface area contributed by atoms with E-state index in [4.69, 9.17) is 14.6 Å². The van der Waals surface area contributed by atoms with Crippen molar-refractivity contribution in [2.75, 3.05) is 37.7 Å². The first-order valence-corrected chi connectivity index (χ1v) is 14.9. The second kappa shape index (κ2) is 11.4. The smallest absolute Gasteiger partial charge is 0.303 e. The summed E-state index contributed by atoms with van der Waals surface area (Å²) in [4.78, 5) is 13.2. The fourth-order valence-electron chi connectivity index (χ4n) is 6.46. The van der Waals surface area contributed by atoms with Gasteiger partial charge in [0.25, 0.3) is 0 Å². The molecule has 6 nitrogen and oxygen atoms in total. The number of carboxylic acids is 1. The molecular weight excluding hydrogens is 500 g/mol. The van der Waals surface area contributed by atoms with Gasteiger partial charge in [0, 0.05) is 59.6 Å². The average molecular weight is 540 g/mol. The van der Waals surface area contributed by atoms with Crippen molar-refractivity contribution < 1.29 is 19.4 Å². The maximum atomic E-state index is 10.8. The molecular formula is C34H39N2O4+. The van der Waals surface area contributed by atoms with Crippen LogP contribution in [0.15, 0.2) is 48.5 Å². The zero-order valence-electron chi connectivity index (χ0n) is 23.7. The Morgan fingerprint density at radius 3 is 2.60 bits per heavy atom. The van der Waals surface area contributed by atoms with Crippen LogP contribution in [0.5, 0.6) is 17.2 Å². The molecule has 0 aliphatic carbocycles. The Hall–Kier alpha value is -3.80. The number of hydrogen-bond donors (Lipinski definition) is 1. The summed E-state index contributed by atoms with van der Waals surface area (Å²) in [6, 6.07) is 17.6. The number of aryl methyl sites for hydroxylation is 2. The first kappa shape index (κ1) is 26.4. The molecule has 3 aliphatic rings. The van der Waals surface area contributed by atoms with Crippen LogP contribution in [0.1, 0.15) is 68.2 Å². The number of nitrogens with zero attached hydrogens (tertiary/aromatic N) is 2. The van der Waals surface area contributed by atoms with Crippen molar-refractivity contribution >= 4 is 17.2 Å². The number of ether oxygens (including phenoxy) is 2. The minimum absolute atomic E-state index is 0.181. The third-order valence-electron chi connectivity index (χ3n) is 8.51. The van der Waals surface area contributed by atoms with Crippen molar-refractivity contribution in [2.24, 2.45) is 0 Å². The normalized spacial score (nSPS) is 15.5. The van der Waals surface area contributed by atoms with Gasteiger partial charge >= 0.3 is 5.97 Å². The van der Waals surface area contributed by atoms with Crippen molar-refractivity contribution in [3.05, 3.63) is 81.4 Å². The predicted octanol–water partition coefficient (Wildman–Crippen LogP) is 4.90. The molecule has 0 atom stereocenters. The van der Waals surface area contributed by atoms with Crippen molar-refractivity contribution in [3.8, 4) is 17.2 Å². The summed E-state index contributed by atoms with van der Waals surface area (Å²) in [6.45, 7) is 9.14. The number of carbonyl (C=O) groups is 1. The highest BCUT2D eigenvalue weighted by Crippen LogP contribution is 2.42. The van der Waals surface area contributed by atoms with Crippen LogP contribution < -0.4 is 29.5 Å². The van der Waals surface area contributed by atoms with E-state index in [1.54, 1.807) is 0 Å². The van der Waals surface area contributed by atoms with Crippen LogP contribution in [0, 0.1) is 0 Å². The molecule has 6 rings (SSSR count). The molecule has 3 aliphatic heterocycles. The van der Waals surface area contributed by atoms with Crippen molar-refractivity contribution in [1.82, 2.24) is 4.58 Å². The predicted molar refractivity (Wildman–Crippen MR) is 158 cm³/mol. The van der Waals surface area contributed by atoms with E-state index in [9.17, 15) is 4.79 Å². The van der Waals surface area contributed by atoms with Gasteiger partial charge in [0.1, 0.15) is 30.3 Å². The molecule has 0 amide bonds. The lowest BCUT2D eigenvalue weighted by molar-refractivity contribution is -0.137. The summed E-state index contributed by atoms with van der Waals surface area (Å²) in [5.74, 6) is 1.91. The van der Waals surface area contributed by atoms with Crippen molar-refractivity contribution in [1.29, 1.82) is 0 Å². The molecule has 6 heteroatoms. The topological polar surface area (TPSA) is 62.0 Å². The SMILES string of the molecule is CCN1CCCc2cc3c(cc21)Oc1cc2c(cc1=C3c1ccc(OCCCCC(=O)O)cc1)CCC[N+]=2CC. The summed E-state index contributed by atoms with van der Waals surface area (Å²) in [5.41, 5.74) is 7.62. The van der Waals surface area contributed by atoms with Crippen molar-refractivity contribution in [3.63, 3.8) is 0 Å². The van der Waals surface area contributed by atoms with Crippen LogP contribution in [0.4, 0.5) is 5.69 Å². The fraction of sp³-hybridized carbons (Fsp3) is 0.412. The molecule has 1 N–H and O–H groups in total. The van der Waals surface area contributed by atoms with Gasteiger partial charge < -0.3 is 19.5 Å². The second-order valence-electron chi connectivity index (χ2n) is 11.0. The highest BCUT2D eigenvalue weighted by molar-refractivity contribution is 5.87. The lowest BCUT2D eigenvalue weighted by Crippen LogP contribution is -2.39. The number of carboxylic acid groups (broad SMARTS) is 1.